The van der Waals surface area contributed by atoms with Gasteiger partial charge in [-0.2, -0.15) is 8.42 Å². The first kappa shape index (κ1) is 4.80. The number of rotatable bonds is 0. The molecule has 1 heterocycles. The third-order valence-corrected chi connectivity index (χ3v) is 1.45. The minimum atomic E-state index is -2.08. The maximum Gasteiger partial charge on any atom is 0.240 e. The molecule has 0 amide bonds. The van der Waals surface area contributed by atoms with E-state index in [9.17, 15) is 8.42 Å². The van der Waals surface area contributed by atoms with E-state index in [4.69, 9.17) is 0 Å². The summed E-state index contributed by atoms with van der Waals surface area (Å²) in [5, 5.41) is 0.194. The summed E-state index contributed by atoms with van der Waals surface area (Å²) in [4.78, 5) is 0. The highest BCUT2D eigenvalue weighted by atomic mass is 32.2. The van der Waals surface area contributed by atoms with E-state index in [1.807, 2.05) is 0 Å². The van der Waals surface area contributed by atoms with Gasteiger partial charge in [0.2, 0.25) is 10.3 Å². The molecule has 0 bridgehead atoms. The summed E-state index contributed by atoms with van der Waals surface area (Å²) in [6.07, 6.45) is 0.579. The summed E-state index contributed by atoms with van der Waals surface area (Å²) >= 11 is 0. The van der Waals surface area contributed by atoms with Gasteiger partial charge in [0.15, 0.2) is 5.05 Å². The molecule has 0 atom stereocenters. The van der Waals surface area contributed by atoms with Gasteiger partial charge in [-0.15, -0.1) is 0 Å². The first-order chi connectivity index (χ1) is 3.30. The molecule has 1 aliphatic heterocycles. The highest BCUT2D eigenvalue weighted by molar-refractivity contribution is 7.72. The summed E-state index contributed by atoms with van der Waals surface area (Å²) in [5.41, 5.74) is 0. The zero-order valence-corrected chi connectivity index (χ0v) is 4.36. The summed E-state index contributed by atoms with van der Waals surface area (Å²) in [5.74, 6) is 0. The van der Waals surface area contributed by atoms with Crippen molar-refractivity contribution in [2.24, 2.45) is 0 Å². The van der Waals surface area contributed by atoms with Crippen LogP contribution < -0.4 is 0 Å². The Hall–Kier alpha value is -0.350. The van der Waals surface area contributed by atoms with Crippen LogP contribution in [-0.4, -0.2) is 20.1 Å². The molecular formula is C3H4O3S. The Morgan fingerprint density at radius 2 is 2.14 bits per heavy atom. The SMILES string of the molecule is O=S(=O)=C1CCO1. The van der Waals surface area contributed by atoms with Crippen LogP contribution >= 0.6 is 0 Å². The second-order valence-corrected chi connectivity index (χ2v) is 2.13. The zero-order valence-electron chi connectivity index (χ0n) is 3.55. The van der Waals surface area contributed by atoms with Crippen LogP contribution in [-0.2, 0) is 15.0 Å². The third-order valence-electron chi connectivity index (χ3n) is 0.755. The molecule has 0 radical (unpaired) electrons. The van der Waals surface area contributed by atoms with E-state index in [0.29, 0.717) is 13.0 Å². The van der Waals surface area contributed by atoms with E-state index in [-0.39, 0.29) is 5.05 Å². The van der Waals surface area contributed by atoms with E-state index in [0.717, 1.165) is 0 Å². The van der Waals surface area contributed by atoms with E-state index in [1.54, 1.807) is 0 Å². The molecule has 4 heteroatoms. The molecule has 0 aliphatic carbocycles. The third kappa shape index (κ3) is 0.808. The molecule has 40 valence electrons. The monoisotopic (exact) mass is 120 g/mol. The highest BCUT2D eigenvalue weighted by Crippen LogP contribution is 1.99. The van der Waals surface area contributed by atoms with Crippen LogP contribution in [0.5, 0.6) is 0 Å². The molecule has 3 nitrogen and oxygen atoms in total. The van der Waals surface area contributed by atoms with E-state index >= 15 is 0 Å². The highest BCUT2D eigenvalue weighted by Gasteiger charge is 2.11. The first-order valence-corrected chi connectivity index (χ1v) is 2.96. The van der Waals surface area contributed by atoms with Crippen LogP contribution in [0.3, 0.4) is 0 Å². The van der Waals surface area contributed by atoms with Gasteiger partial charge in [0, 0.05) is 6.42 Å². The standard InChI is InChI=1S/C3H4O3S/c4-7(5)3-1-2-6-3/h1-2H2. The number of ether oxygens (including phenoxy) is 1. The zero-order chi connectivity index (χ0) is 5.28. The van der Waals surface area contributed by atoms with Gasteiger partial charge in [-0.25, -0.2) is 0 Å². The molecule has 0 N–H and O–H groups in total. The van der Waals surface area contributed by atoms with Gasteiger partial charge in [-0.1, -0.05) is 0 Å². The van der Waals surface area contributed by atoms with Crippen molar-refractivity contribution >= 4 is 15.3 Å². The Morgan fingerprint density at radius 1 is 1.57 bits per heavy atom. The van der Waals surface area contributed by atoms with Crippen LogP contribution in [0.4, 0.5) is 0 Å². The topological polar surface area (TPSA) is 43.4 Å². The lowest BCUT2D eigenvalue weighted by Crippen LogP contribution is -2.20. The van der Waals surface area contributed by atoms with Crippen molar-refractivity contribution in [3.8, 4) is 0 Å². The maximum atomic E-state index is 9.82. The second kappa shape index (κ2) is 1.63. The van der Waals surface area contributed by atoms with Crippen LogP contribution in [0.1, 0.15) is 6.42 Å². The molecule has 0 aromatic carbocycles. The lowest BCUT2D eigenvalue weighted by atomic mass is 10.4. The molecule has 0 spiro atoms. The van der Waals surface area contributed by atoms with Gasteiger partial charge >= 0.3 is 0 Å². The smallest absolute Gasteiger partial charge is 0.240 e. The van der Waals surface area contributed by atoms with Gasteiger partial charge in [-0.05, 0) is 0 Å². The predicted octanol–water partition coefficient (Wildman–Crippen LogP) is -0.584. The molecule has 0 aromatic heterocycles. The number of hydrogen-bond acceptors (Lipinski definition) is 3. The van der Waals surface area contributed by atoms with Crippen LogP contribution in [0.15, 0.2) is 0 Å². The molecular weight excluding hydrogens is 116 g/mol. The minimum absolute atomic E-state index is 0.194. The van der Waals surface area contributed by atoms with Gasteiger partial charge in [0.05, 0.1) is 6.61 Å². The Morgan fingerprint density at radius 3 is 2.14 bits per heavy atom. The lowest BCUT2D eigenvalue weighted by Gasteiger charge is -2.10. The van der Waals surface area contributed by atoms with E-state index in [2.05, 4.69) is 4.74 Å². The summed E-state index contributed by atoms with van der Waals surface area (Å²) in [7, 11) is -2.08. The molecule has 1 aliphatic rings. The van der Waals surface area contributed by atoms with E-state index < -0.39 is 10.3 Å². The molecule has 1 fully saturated rings. The molecule has 7 heavy (non-hydrogen) atoms. The first-order valence-electron chi connectivity index (χ1n) is 1.88. The van der Waals surface area contributed by atoms with Crippen molar-refractivity contribution in [1.29, 1.82) is 0 Å². The average molecular weight is 120 g/mol. The fourth-order valence-electron chi connectivity index (χ4n) is 0.317. The maximum absolute atomic E-state index is 9.82. The van der Waals surface area contributed by atoms with Gasteiger partial charge in [0.1, 0.15) is 0 Å². The van der Waals surface area contributed by atoms with Crippen molar-refractivity contribution in [1.82, 2.24) is 0 Å². The van der Waals surface area contributed by atoms with Crippen LogP contribution in [0.2, 0.25) is 0 Å². The quantitative estimate of drug-likeness (QED) is 0.401. The van der Waals surface area contributed by atoms with Crippen molar-refractivity contribution in [2.45, 2.75) is 6.42 Å². The van der Waals surface area contributed by atoms with Crippen LogP contribution in [0.25, 0.3) is 0 Å². The van der Waals surface area contributed by atoms with Crippen LogP contribution in [0, 0.1) is 0 Å². The molecule has 1 saturated heterocycles. The largest absolute Gasteiger partial charge is 0.335 e. The summed E-state index contributed by atoms with van der Waals surface area (Å²) in [6, 6.07) is 0. The molecule has 0 aromatic rings. The molecule has 1 rings (SSSR count). The molecule has 0 unspecified atom stereocenters. The second-order valence-electron chi connectivity index (χ2n) is 1.21. The van der Waals surface area contributed by atoms with Gasteiger partial charge < -0.3 is 4.74 Å². The Bertz CT molecular complexity index is 174. The van der Waals surface area contributed by atoms with Crippen molar-refractivity contribution in [3.63, 3.8) is 0 Å². The van der Waals surface area contributed by atoms with Crippen molar-refractivity contribution < 1.29 is 13.2 Å². The molecule has 0 saturated carbocycles. The average Bonchev–Trinajstić information content (AvgIpc) is 1.23. The Balaban J connectivity index is 2.91. The Labute approximate surface area is 42.4 Å². The predicted molar refractivity (Wildman–Crippen MR) is 24.5 cm³/mol. The fraction of sp³-hybridized carbons (Fsp3) is 0.667. The van der Waals surface area contributed by atoms with Gasteiger partial charge in [0.25, 0.3) is 0 Å². The number of hydrogen-bond donors (Lipinski definition) is 0. The van der Waals surface area contributed by atoms with E-state index in [1.165, 1.54) is 0 Å². The summed E-state index contributed by atoms with van der Waals surface area (Å²) in [6.45, 7) is 0.559. The van der Waals surface area contributed by atoms with Gasteiger partial charge in [-0.3, -0.25) is 0 Å². The summed E-state index contributed by atoms with van der Waals surface area (Å²) < 4.78 is 24.1. The van der Waals surface area contributed by atoms with Crippen molar-refractivity contribution in [3.05, 3.63) is 0 Å². The fourth-order valence-corrected chi connectivity index (χ4v) is 0.746. The lowest BCUT2D eigenvalue weighted by molar-refractivity contribution is 0.245. The minimum Gasteiger partial charge on any atom is -0.335 e. The van der Waals surface area contributed by atoms with Crippen molar-refractivity contribution in [2.75, 3.05) is 6.61 Å². The Kier molecular flexibility index (Phi) is 1.12. The normalized spacial score (nSPS) is 18.6.